The van der Waals surface area contributed by atoms with Gasteiger partial charge in [0.05, 0.1) is 11.9 Å². The van der Waals surface area contributed by atoms with Crippen LogP contribution in [-0.2, 0) is 14.9 Å². The van der Waals surface area contributed by atoms with Crippen LogP contribution in [0.25, 0.3) is 0 Å². The summed E-state index contributed by atoms with van der Waals surface area (Å²) in [5.41, 5.74) is 0.906. The molecule has 5 heteroatoms. The summed E-state index contributed by atoms with van der Waals surface area (Å²) < 4.78 is 34.9. The average molecular weight is 230 g/mol. The van der Waals surface area contributed by atoms with Gasteiger partial charge in [0.2, 0.25) is 0 Å². The molecule has 84 valence electrons. The van der Waals surface area contributed by atoms with Gasteiger partial charge >= 0.3 is 0 Å². The zero-order chi connectivity index (χ0) is 11.3. The molecule has 0 saturated carbocycles. The van der Waals surface area contributed by atoms with Gasteiger partial charge in [-0.05, 0) is 12.0 Å². The molecule has 4 nitrogen and oxygen atoms in total. The quantitative estimate of drug-likeness (QED) is 0.781. The van der Waals surface area contributed by atoms with Crippen molar-refractivity contribution >= 4 is 10.1 Å². The Balaban J connectivity index is 2.66. The van der Waals surface area contributed by atoms with Gasteiger partial charge in [-0.1, -0.05) is 30.3 Å². The van der Waals surface area contributed by atoms with Crippen molar-refractivity contribution in [3.63, 3.8) is 0 Å². The molecule has 0 bridgehead atoms. The summed E-state index contributed by atoms with van der Waals surface area (Å²) in [7, 11) is -2.40. The SMILES string of the molecule is CO[C@H](CCS(=O)(=O)O)c1ccccc1. The third-order valence-electron chi connectivity index (χ3n) is 2.09. The van der Waals surface area contributed by atoms with Crippen LogP contribution in [0, 0.1) is 0 Å². The van der Waals surface area contributed by atoms with Gasteiger partial charge in [0, 0.05) is 7.11 Å². The maximum Gasteiger partial charge on any atom is 0.264 e. The van der Waals surface area contributed by atoms with Gasteiger partial charge in [0.25, 0.3) is 10.1 Å². The van der Waals surface area contributed by atoms with Crippen molar-refractivity contribution in [2.75, 3.05) is 12.9 Å². The second-order valence-electron chi connectivity index (χ2n) is 3.21. The highest BCUT2D eigenvalue weighted by molar-refractivity contribution is 7.85. The average Bonchev–Trinajstić information content (AvgIpc) is 2.19. The highest BCUT2D eigenvalue weighted by atomic mass is 32.2. The minimum absolute atomic E-state index is 0.249. The Kier molecular flexibility index (Phi) is 4.26. The topological polar surface area (TPSA) is 63.6 Å². The van der Waals surface area contributed by atoms with Gasteiger partial charge < -0.3 is 4.74 Å². The Hall–Kier alpha value is -0.910. The lowest BCUT2D eigenvalue weighted by Gasteiger charge is -2.14. The molecule has 1 aromatic carbocycles. The molecule has 0 aliphatic carbocycles. The van der Waals surface area contributed by atoms with Crippen molar-refractivity contribution in [2.24, 2.45) is 0 Å². The highest BCUT2D eigenvalue weighted by Gasteiger charge is 2.14. The van der Waals surface area contributed by atoms with Crippen LogP contribution in [0.1, 0.15) is 18.1 Å². The van der Waals surface area contributed by atoms with Gasteiger partial charge in [-0.15, -0.1) is 0 Å². The normalized spacial score (nSPS) is 13.7. The lowest BCUT2D eigenvalue weighted by molar-refractivity contribution is 0.100. The number of rotatable bonds is 5. The Bertz CT molecular complexity index is 385. The van der Waals surface area contributed by atoms with Crippen molar-refractivity contribution < 1.29 is 17.7 Å². The number of hydrogen-bond donors (Lipinski definition) is 1. The molecule has 1 atom stereocenters. The third-order valence-corrected chi connectivity index (χ3v) is 2.85. The number of ether oxygens (including phenoxy) is 1. The zero-order valence-corrected chi connectivity index (χ0v) is 9.28. The largest absolute Gasteiger partial charge is 0.377 e. The van der Waals surface area contributed by atoms with E-state index < -0.39 is 10.1 Å². The lowest BCUT2D eigenvalue weighted by atomic mass is 10.1. The van der Waals surface area contributed by atoms with E-state index in [2.05, 4.69) is 0 Å². The summed E-state index contributed by atoms with van der Waals surface area (Å²) in [5, 5.41) is 0. The predicted molar refractivity (Wildman–Crippen MR) is 57.2 cm³/mol. The molecule has 1 aromatic rings. The molecular weight excluding hydrogens is 216 g/mol. The van der Waals surface area contributed by atoms with Gasteiger partial charge in [-0.2, -0.15) is 8.42 Å². The fraction of sp³-hybridized carbons (Fsp3) is 0.400. The molecule has 15 heavy (non-hydrogen) atoms. The van der Waals surface area contributed by atoms with Gasteiger partial charge in [0.15, 0.2) is 0 Å². The van der Waals surface area contributed by atoms with Crippen molar-refractivity contribution in [1.82, 2.24) is 0 Å². The summed E-state index contributed by atoms with van der Waals surface area (Å²) in [6.45, 7) is 0. The van der Waals surface area contributed by atoms with E-state index in [0.29, 0.717) is 0 Å². The second-order valence-corrected chi connectivity index (χ2v) is 4.78. The molecule has 0 unspecified atom stereocenters. The Morgan fingerprint density at radius 2 is 1.93 bits per heavy atom. The van der Waals surface area contributed by atoms with Crippen LogP contribution in [-0.4, -0.2) is 25.8 Å². The van der Waals surface area contributed by atoms with Crippen LogP contribution in [0.2, 0.25) is 0 Å². The van der Waals surface area contributed by atoms with Gasteiger partial charge in [-0.25, -0.2) is 0 Å². The Morgan fingerprint density at radius 1 is 1.33 bits per heavy atom. The van der Waals surface area contributed by atoms with E-state index >= 15 is 0 Å². The molecule has 0 radical (unpaired) electrons. The van der Waals surface area contributed by atoms with Gasteiger partial charge in [0.1, 0.15) is 0 Å². The van der Waals surface area contributed by atoms with E-state index in [1.54, 1.807) is 0 Å². The van der Waals surface area contributed by atoms with Crippen molar-refractivity contribution in [3.05, 3.63) is 35.9 Å². The summed E-state index contributed by atoms with van der Waals surface area (Å²) in [4.78, 5) is 0. The molecule has 0 aromatic heterocycles. The first-order valence-corrected chi connectivity index (χ1v) is 6.17. The Labute approximate surface area is 89.6 Å². The fourth-order valence-corrected chi connectivity index (χ4v) is 1.86. The first kappa shape index (κ1) is 12.2. The molecule has 0 spiro atoms. The molecule has 0 fully saturated rings. The molecule has 0 heterocycles. The summed E-state index contributed by atoms with van der Waals surface area (Å²) in [5.74, 6) is -0.291. The summed E-state index contributed by atoms with van der Waals surface area (Å²) in [6.07, 6.45) is -0.0487. The summed E-state index contributed by atoms with van der Waals surface area (Å²) >= 11 is 0. The van der Waals surface area contributed by atoms with Gasteiger partial charge in [-0.3, -0.25) is 4.55 Å². The monoisotopic (exact) mass is 230 g/mol. The van der Waals surface area contributed by atoms with Crippen LogP contribution in [0.5, 0.6) is 0 Å². The van der Waals surface area contributed by atoms with E-state index in [9.17, 15) is 8.42 Å². The van der Waals surface area contributed by atoms with E-state index in [0.717, 1.165) is 5.56 Å². The maximum atomic E-state index is 10.6. The zero-order valence-electron chi connectivity index (χ0n) is 8.46. The third kappa shape index (κ3) is 4.42. The van der Waals surface area contributed by atoms with Crippen molar-refractivity contribution in [3.8, 4) is 0 Å². The second kappa shape index (κ2) is 5.25. The number of methoxy groups -OCH3 is 1. The molecule has 0 aliphatic heterocycles. The van der Waals surface area contributed by atoms with Crippen molar-refractivity contribution in [1.29, 1.82) is 0 Å². The van der Waals surface area contributed by atoms with E-state index in [1.807, 2.05) is 30.3 Å². The minimum Gasteiger partial charge on any atom is -0.377 e. The van der Waals surface area contributed by atoms with Crippen LogP contribution < -0.4 is 0 Å². The molecule has 0 saturated heterocycles. The molecule has 0 amide bonds. The van der Waals surface area contributed by atoms with Crippen molar-refractivity contribution in [2.45, 2.75) is 12.5 Å². The molecular formula is C10H14O4S. The van der Waals surface area contributed by atoms with E-state index in [-0.39, 0.29) is 18.3 Å². The Morgan fingerprint density at radius 3 is 2.40 bits per heavy atom. The molecule has 1 rings (SSSR count). The fourth-order valence-electron chi connectivity index (χ4n) is 1.34. The number of hydrogen-bond acceptors (Lipinski definition) is 3. The first-order chi connectivity index (χ1) is 7.03. The number of benzene rings is 1. The first-order valence-electron chi connectivity index (χ1n) is 4.56. The van der Waals surface area contributed by atoms with Crippen LogP contribution in [0.15, 0.2) is 30.3 Å². The highest BCUT2D eigenvalue weighted by Crippen LogP contribution is 2.20. The van der Waals surface area contributed by atoms with Crippen LogP contribution >= 0.6 is 0 Å². The minimum atomic E-state index is -3.92. The lowest BCUT2D eigenvalue weighted by Crippen LogP contribution is -2.10. The molecule has 1 N–H and O–H groups in total. The predicted octanol–water partition coefficient (Wildman–Crippen LogP) is 1.65. The standard InChI is InChI=1S/C10H14O4S/c1-14-10(7-8-15(11,12)13)9-5-3-2-4-6-9/h2-6,10H,7-8H2,1H3,(H,11,12,13)/t10-/m1/s1. The molecule has 0 aliphatic rings. The smallest absolute Gasteiger partial charge is 0.264 e. The van der Waals surface area contributed by atoms with E-state index in [4.69, 9.17) is 9.29 Å². The van der Waals surface area contributed by atoms with Crippen LogP contribution in [0.3, 0.4) is 0 Å². The summed E-state index contributed by atoms with van der Waals surface area (Å²) in [6, 6.07) is 9.30. The van der Waals surface area contributed by atoms with Crippen LogP contribution in [0.4, 0.5) is 0 Å². The van der Waals surface area contributed by atoms with E-state index in [1.165, 1.54) is 7.11 Å². The maximum absolute atomic E-state index is 10.6.